The summed E-state index contributed by atoms with van der Waals surface area (Å²) in [6.45, 7) is 4.04. The maximum atomic E-state index is 12.4. The number of ether oxygens (including phenoxy) is 2. The maximum Gasteiger partial charge on any atom is 0.356 e. The van der Waals surface area contributed by atoms with Crippen molar-refractivity contribution in [2.45, 2.75) is 13.8 Å². The summed E-state index contributed by atoms with van der Waals surface area (Å²) in [7, 11) is 0. The fourth-order valence-electron chi connectivity index (χ4n) is 2.59. The summed E-state index contributed by atoms with van der Waals surface area (Å²) in [5.41, 5.74) is 1.52. The van der Waals surface area contributed by atoms with E-state index in [1.54, 1.807) is 30.5 Å². The topological polar surface area (TPSA) is 82.6 Å². The van der Waals surface area contributed by atoms with Crippen molar-refractivity contribution in [1.82, 2.24) is 4.40 Å². The summed E-state index contributed by atoms with van der Waals surface area (Å²) in [5.74, 6) is -0.894. The number of halogens is 1. The third-order valence-corrected chi connectivity index (χ3v) is 4.62. The molecular weight excluding hydrogens is 364 g/mol. The van der Waals surface area contributed by atoms with Gasteiger partial charge < -0.3 is 26.3 Å². The first-order valence-electron chi connectivity index (χ1n) is 7.58. The van der Waals surface area contributed by atoms with Gasteiger partial charge in [-0.25, -0.2) is 15.0 Å². The number of esters is 2. The Kier molecular flexibility index (Phi) is 5.81. The highest BCUT2D eigenvalue weighted by atomic mass is 35.5. The van der Waals surface area contributed by atoms with Crippen LogP contribution in [-0.2, 0) is 9.47 Å². The largest absolute Gasteiger partial charge is 1.00 e. The smallest absolute Gasteiger partial charge is 0.356 e. The van der Waals surface area contributed by atoms with Crippen LogP contribution in [0.1, 0.15) is 34.7 Å². The predicted octanol–water partition coefficient (Wildman–Crippen LogP) is -1.83. The van der Waals surface area contributed by atoms with Gasteiger partial charge in [0.2, 0.25) is 0 Å². The van der Waals surface area contributed by atoms with Crippen LogP contribution in [0.5, 0.6) is 0 Å². The van der Waals surface area contributed by atoms with Gasteiger partial charge in [-0.15, -0.1) is 0 Å². The van der Waals surface area contributed by atoms with Crippen molar-refractivity contribution in [3.8, 4) is 0 Å². The van der Waals surface area contributed by atoms with Gasteiger partial charge in [0.1, 0.15) is 11.3 Å². The van der Waals surface area contributed by atoms with Crippen LogP contribution in [0.25, 0.3) is 15.6 Å². The molecule has 0 spiro atoms. The average Bonchev–Trinajstić information content (AvgIpc) is 2.87. The van der Waals surface area contributed by atoms with Gasteiger partial charge in [0.25, 0.3) is 4.67 Å². The Balaban J connectivity index is 0.00000225. The van der Waals surface area contributed by atoms with Crippen LogP contribution >= 0.6 is 11.3 Å². The molecule has 25 heavy (non-hydrogen) atoms. The van der Waals surface area contributed by atoms with Crippen molar-refractivity contribution < 1.29 is 36.9 Å². The number of nitrogens with zero attached hydrogens (tertiary/aromatic N) is 1. The van der Waals surface area contributed by atoms with Crippen LogP contribution in [0.15, 0.2) is 30.5 Å². The second-order valence-electron chi connectivity index (χ2n) is 5.01. The third kappa shape index (κ3) is 3.25. The highest BCUT2D eigenvalue weighted by molar-refractivity contribution is 7.16. The molecule has 0 saturated heterocycles. The Bertz CT molecular complexity index is 1010. The minimum atomic E-state index is -0.471. The summed E-state index contributed by atoms with van der Waals surface area (Å²) in [6, 6.07) is 7.25. The second kappa shape index (κ2) is 7.67. The minimum Gasteiger partial charge on any atom is -1.00 e. The molecule has 0 fully saturated rings. The lowest BCUT2D eigenvalue weighted by Gasteiger charge is -2.02. The second-order valence-corrected chi connectivity index (χ2v) is 6.06. The Hall–Kier alpha value is -2.38. The van der Waals surface area contributed by atoms with Crippen molar-refractivity contribution in [1.29, 1.82) is 0 Å². The molecule has 3 aromatic rings. The summed E-state index contributed by atoms with van der Waals surface area (Å²) < 4.78 is 13.0. The van der Waals surface area contributed by atoms with Gasteiger partial charge in [-0.1, -0.05) is 17.4 Å². The first kappa shape index (κ1) is 19.0. The molecule has 0 aromatic carbocycles. The van der Waals surface area contributed by atoms with Crippen LogP contribution in [0, 0.1) is 0 Å². The molecule has 3 rings (SSSR count). The number of hydrogen-bond donors (Lipinski definition) is 1. The van der Waals surface area contributed by atoms with Crippen molar-refractivity contribution >= 4 is 38.9 Å². The van der Waals surface area contributed by atoms with Gasteiger partial charge in [-0.05, 0) is 32.0 Å². The fraction of sp³-hybridized carbons (Fsp3) is 0.235. The SMILES string of the molecule is CCOC(=O)c1cc2c(sc1=[NH2+])c(C(=O)OCC)n1ccccc21.[Cl-]. The average molecular weight is 381 g/mol. The Morgan fingerprint density at radius 2 is 1.84 bits per heavy atom. The standard InChI is InChI=1S/C17H16N2O4S.ClH/c1-3-22-16(20)11-9-10-12-7-5-6-8-19(12)13(17(21)23-4-2)14(10)24-15(11)18;/h5-9,18H,3-4H2,1-2H3;1H. The quantitative estimate of drug-likeness (QED) is 0.540. The molecule has 132 valence electrons. The molecule has 0 saturated carbocycles. The van der Waals surface area contributed by atoms with Crippen molar-refractivity contribution in [2.75, 3.05) is 13.2 Å². The molecule has 0 aliphatic rings. The summed E-state index contributed by atoms with van der Waals surface area (Å²) >= 11 is 1.18. The third-order valence-electron chi connectivity index (χ3n) is 3.57. The van der Waals surface area contributed by atoms with Crippen molar-refractivity contribution in [3.63, 3.8) is 0 Å². The molecule has 3 aromatic heterocycles. The number of carbonyl (C=O) groups is 2. The van der Waals surface area contributed by atoms with E-state index in [0.717, 1.165) is 10.9 Å². The molecule has 0 atom stereocenters. The zero-order valence-corrected chi connectivity index (χ0v) is 15.3. The van der Waals surface area contributed by atoms with E-state index in [-0.39, 0.29) is 25.6 Å². The molecule has 0 amide bonds. The molecule has 0 aliphatic carbocycles. The van der Waals surface area contributed by atoms with E-state index in [1.807, 2.05) is 18.2 Å². The normalized spacial score (nSPS) is 10.5. The molecule has 3 heterocycles. The van der Waals surface area contributed by atoms with Crippen molar-refractivity contribution in [2.24, 2.45) is 0 Å². The van der Waals surface area contributed by atoms with E-state index < -0.39 is 11.9 Å². The van der Waals surface area contributed by atoms with Crippen LogP contribution in [-0.4, -0.2) is 29.6 Å². The summed E-state index contributed by atoms with van der Waals surface area (Å²) in [4.78, 5) is 24.5. The molecular formula is C17H17ClN2O4S. The molecule has 0 radical (unpaired) electrons. The lowest BCUT2D eigenvalue weighted by atomic mass is 10.2. The van der Waals surface area contributed by atoms with E-state index in [0.29, 0.717) is 20.6 Å². The van der Waals surface area contributed by atoms with Crippen molar-refractivity contribution in [3.05, 3.63) is 46.4 Å². The predicted molar refractivity (Wildman–Crippen MR) is 89.8 cm³/mol. The maximum absolute atomic E-state index is 12.4. The first-order valence-corrected chi connectivity index (χ1v) is 8.39. The number of rotatable bonds is 4. The van der Waals surface area contributed by atoms with Gasteiger partial charge >= 0.3 is 11.9 Å². The highest BCUT2D eigenvalue weighted by Crippen LogP contribution is 2.29. The molecule has 2 N–H and O–H groups in total. The van der Waals surface area contributed by atoms with Crippen LogP contribution in [0.2, 0.25) is 0 Å². The number of pyridine rings is 1. The molecule has 8 heteroatoms. The first-order chi connectivity index (χ1) is 11.6. The van der Waals surface area contributed by atoms with Crippen LogP contribution < -0.4 is 22.5 Å². The van der Waals surface area contributed by atoms with E-state index in [4.69, 9.17) is 14.9 Å². The number of aromatic nitrogens is 1. The Labute approximate surface area is 153 Å². The number of hydrogen-bond acceptors (Lipinski definition) is 5. The van der Waals surface area contributed by atoms with Crippen LogP contribution in [0.3, 0.4) is 0 Å². The summed E-state index contributed by atoms with van der Waals surface area (Å²) in [6.07, 6.45) is 1.79. The number of fused-ring (bicyclic) bond motifs is 3. The Morgan fingerprint density at radius 1 is 1.16 bits per heavy atom. The Morgan fingerprint density at radius 3 is 2.52 bits per heavy atom. The van der Waals surface area contributed by atoms with Gasteiger partial charge in [0, 0.05) is 11.6 Å². The van der Waals surface area contributed by atoms with Gasteiger partial charge in [0.15, 0.2) is 0 Å². The van der Waals surface area contributed by atoms with Gasteiger partial charge in [-0.2, -0.15) is 0 Å². The highest BCUT2D eigenvalue weighted by Gasteiger charge is 2.23. The van der Waals surface area contributed by atoms with E-state index in [1.165, 1.54) is 11.3 Å². The molecule has 6 nitrogen and oxygen atoms in total. The van der Waals surface area contributed by atoms with E-state index >= 15 is 0 Å². The zero-order valence-electron chi connectivity index (χ0n) is 13.7. The lowest BCUT2D eigenvalue weighted by Crippen LogP contribution is -3.00. The number of nitrogens with two attached hydrogens (primary N) is 1. The van der Waals surface area contributed by atoms with Crippen LogP contribution in [0.4, 0.5) is 0 Å². The molecule has 0 aliphatic heterocycles. The van der Waals surface area contributed by atoms with E-state index in [2.05, 4.69) is 0 Å². The zero-order chi connectivity index (χ0) is 17.3. The monoisotopic (exact) mass is 380 g/mol. The minimum absolute atomic E-state index is 0. The lowest BCUT2D eigenvalue weighted by molar-refractivity contribution is -0.167. The van der Waals surface area contributed by atoms with E-state index in [9.17, 15) is 9.59 Å². The fourth-order valence-corrected chi connectivity index (χ4v) is 3.62. The number of carbonyl (C=O) groups excluding carboxylic acids is 2. The van der Waals surface area contributed by atoms with Gasteiger partial charge in [-0.3, -0.25) is 0 Å². The summed E-state index contributed by atoms with van der Waals surface area (Å²) in [5, 5.41) is 6.80. The molecule has 0 unspecified atom stereocenters. The molecule has 0 bridgehead atoms. The van der Waals surface area contributed by atoms with Gasteiger partial charge in [0.05, 0.1) is 23.4 Å².